The lowest BCUT2D eigenvalue weighted by Crippen LogP contribution is -2.27. The fourth-order valence-corrected chi connectivity index (χ4v) is 2.59. The molecule has 24 heavy (non-hydrogen) atoms. The second-order valence-corrected chi connectivity index (χ2v) is 5.93. The molecule has 0 unspecified atom stereocenters. The topological polar surface area (TPSA) is 63.2 Å². The van der Waals surface area contributed by atoms with Crippen molar-refractivity contribution < 1.29 is 9.53 Å². The number of carbonyl (C=O) groups excluding carboxylic acids is 1. The molecule has 0 spiro atoms. The number of benzene rings is 1. The Bertz CT molecular complexity index is 695. The molecule has 0 saturated heterocycles. The number of halogens is 2. The Morgan fingerprint density at radius 1 is 1.21 bits per heavy atom. The van der Waals surface area contributed by atoms with Crippen LogP contribution in [0.5, 0.6) is 0 Å². The number of hydrogen-bond donors (Lipinski definition) is 2. The van der Waals surface area contributed by atoms with Crippen LogP contribution in [0, 0.1) is 0 Å². The van der Waals surface area contributed by atoms with Crippen molar-refractivity contribution in [3.05, 3.63) is 57.8 Å². The summed E-state index contributed by atoms with van der Waals surface area (Å²) in [4.78, 5) is 16.0. The molecule has 1 aromatic carbocycles. The minimum absolute atomic E-state index is 0.226. The quantitative estimate of drug-likeness (QED) is 0.701. The van der Waals surface area contributed by atoms with E-state index < -0.39 is 0 Å². The molecule has 0 aliphatic heterocycles. The van der Waals surface area contributed by atoms with Gasteiger partial charge in [0.2, 0.25) is 0 Å². The van der Waals surface area contributed by atoms with Crippen LogP contribution in [0.2, 0.25) is 10.0 Å². The summed E-state index contributed by atoms with van der Waals surface area (Å²) in [5, 5.41) is 7.27. The van der Waals surface area contributed by atoms with E-state index in [0.29, 0.717) is 35.4 Å². The number of amides is 1. The number of aromatic nitrogens is 1. The molecule has 5 nitrogen and oxygen atoms in total. The van der Waals surface area contributed by atoms with Crippen molar-refractivity contribution in [3.63, 3.8) is 0 Å². The molecule has 0 aliphatic carbocycles. The Hall–Kier alpha value is -1.82. The average molecular weight is 368 g/mol. The SMILES string of the molecule is COCCNC(=O)c1cc(NCCc2ccc(Cl)cc2Cl)ccn1. The highest BCUT2D eigenvalue weighted by Crippen LogP contribution is 2.21. The lowest BCUT2D eigenvalue weighted by Gasteiger charge is -2.09. The third kappa shape index (κ3) is 5.67. The van der Waals surface area contributed by atoms with Crippen LogP contribution in [0.4, 0.5) is 5.69 Å². The van der Waals surface area contributed by atoms with E-state index in [4.69, 9.17) is 27.9 Å². The van der Waals surface area contributed by atoms with Crippen molar-refractivity contribution in [1.29, 1.82) is 0 Å². The molecule has 1 aromatic heterocycles. The first-order valence-electron chi connectivity index (χ1n) is 7.51. The Morgan fingerprint density at radius 3 is 2.79 bits per heavy atom. The van der Waals surface area contributed by atoms with Crippen LogP contribution in [-0.2, 0) is 11.2 Å². The van der Waals surface area contributed by atoms with Gasteiger partial charge in [0, 0.05) is 42.1 Å². The minimum atomic E-state index is -0.226. The first-order chi connectivity index (χ1) is 11.6. The molecule has 7 heteroatoms. The largest absolute Gasteiger partial charge is 0.385 e. The summed E-state index contributed by atoms with van der Waals surface area (Å²) in [5.41, 5.74) is 2.20. The molecule has 1 amide bonds. The summed E-state index contributed by atoms with van der Waals surface area (Å²) in [5.74, 6) is -0.226. The van der Waals surface area contributed by atoms with Crippen LogP contribution in [0.15, 0.2) is 36.5 Å². The van der Waals surface area contributed by atoms with Crippen LogP contribution in [0.25, 0.3) is 0 Å². The predicted octanol–water partition coefficient (Wildman–Crippen LogP) is 3.42. The molecule has 2 N–H and O–H groups in total. The Morgan fingerprint density at radius 2 is 2.04 bits per heavy atom. The molecule has 0 fully saturated rings. The highest BCUT2D eigenvalue weighted by molar-refractivity contribution is 6.35. The summed E-state index contributed by atoms with van der Waals surface area (Å²) in [7, 11) is 1.59. The van der Waals surface area contributed by atoms with Crippen molar-refractivity contribution in [2.75, 3.05) is 32.1 Å². The Balaban J connectivity index is 1.88. The van der Waals surface area contributed by atoms with Gasteiger partial charge in [0.1, 0.15) is 5.69 Å². The highest BCUT2D eigenvalue weighted by Gasteiger charge is 2.07. The summed E-state index contributed by atoms with van der Waals surface area (Å²) in [6.45, 7) is 1.59. The number of carbonyl (C=O) groups is 1. The summed E-state index contributed by atoms with van der Waals surface area (Å²) < 4.78 is 4.90. The van der Waals surface area contributed by atoms with Crippen LogP contribution >= 0.6 is 23.2 Å². The standard InChI is InChI=1S/C17H19Cl2N3O2/c1-24-9-8-22-17(23)16-11-14(5-7-21-16)20-6-4-12-2-3-13(18)10-15(12)19/h2-3,5,7,10-11H,4,6,8-9H2,1H3,(H,20,21)(H,22,23). The first kappa shape index (κ1) is 18.5. The predicted molar refractivity (Wildman–Crippen MR) is 97.1 cm³/mol. The monoisotopic (exact) mass is 367 g/mol. The number of anilines is 1. The van der Waals surface area contributed by atoms with Gasteiger partial charge < -0.3 is 15.4 Å². The van der Waals surface area contributed by atoms with Gasteiger partial charge in [0.15, 0.2) is 0 Å². The second-order valence-electron chi connectivity index (χ2n) is 5.09. The van der Waals surface area contributed by atoms with Gasteiger partial charge in [-0.15, -0.1) is 0 Å². The zero-order valence-corrected chi connectivity index (χ0v) is 14.8. The van der Waals surface area contributed by atoms with Gasteiger partial charge in [-0.1, -0.05) is 29.3 Å². The minimum Gasteiger partial charge on any atom is -0.385 e. The summed E-state index contributed by atoms with van der Waals surface area (Å²) in [6, 6.07) is 8.99. The molecular weight excluding hydrogens is 349 g/mol. The fraction of sp³-hybridized carbons (Fsp3) is 0.294. The Labute approximate surface area is 151 Å². The van der Waals surface area contributed by atoms with Crippen molar-refractivity contribution in [2.24, 2.45) is 0 Å². The number of rotatable bonds is 8. The van der Waals surface area contributed by atoms with Crippen LogP contribution in [-0.4, -0.2) is 37.7 Å². The van der Waals surface area contributed by atoms with Crippen LogP contribution < -0.4 is 10.6 Å². The molecular formula is C17H19Cl2N3O2. The van der Waals surface area contributed by atoms with Crippen molar-refractivity contribution in [3.8, 4) is 0 Å². The number of methoxy groups -OCH3 is 1. The van der Waals surface area contributed by atoms with E-state index in [2.05, 4.69) is 15.6 Å². The highest BCUT2D eigenvalue weighted by atomic mass is 35.5. The summed E-state index contributed by atoms with van der Waals surface area (Å²) >= 11 is 12.0. The molecule has 0 atom stereocenters. The van der Waals surface area contributed by atoms with Crippen molar-refractivity contribution in [1.82, 2.24) is 10.3 Å². The van der Waals surface area contributed by atoms with Gasteiger partial charge in [0.05, 0.1) is 6.61 Å². The molecule has 2 rings (SSSR count). The van der Waals surface area contributed by atoms with Crippen LogP contribution in [0.1, 0.15) is 16.1 Å². The van der Waals surface area contributed by atoms with Gasteiger partial charge in [-0.2, -0.15) is 0 Å². The maximum absolute atomic E-state index is 12.0. The first-order valence-corrected chi connectivity index (χ1v) is 8.26. The fourth-order valence-electron chi connectivity index (χ4n) is 2.09. The van der Waals surface area contributed by atoms with Gasteiger partial charge in [-0.05, 0) is 36.2 Å². The molecule has 128 valence electrons. The number of nitrogens with zero attached hydrogens (tertiary/aromatic N) is 1. The Kier molecular flexibility index (Phi) is 7.31. The lowest BCUT2D eigenvalue weighted by molar-refractivity contribution is 0.0932. The van der Waals surface area contributed by atoms with Crippen LogP contribution in [0.3, 0.4) is 0 Å². The number of ether oxygens (including phenoxy) is 1. The van der Waals surface area contributed by atoms with E-state index in [0.717, 1.165) is 17.7 Å². The van der Waals surface area contributed by atoms with Gasteiger partial charge in [-0.3, -0.25) is 9.78 Å². The third-order valence-electron chi connectivity index (χ3n) is 3.32. The number of hydrogen-bond acceptors (Lipinski definition) is 4. The van der Waals surface area contributed by atoms with Crippen molar-refractivity contribution >= 4 is 34.8 Å². The summed E-state index contributed by atoms with van der Waals surface area (Å²) in [6.07, 6.45) is 2.34. The van der Waals surface area contributed by atoms with E-state index in [1.165, 1.54) is 0 Å². The van der Waals surface area contributed by atoms with E-state index in [9.17, 15) is 4.79 Å². The third-order valence-corrected chi connectivity index (χ3v) is 3.91. The average Bonchev–Trinajstić information content (AvgIpc) is 2.57. The number of pyridine rings is 1. The molecule has 0 saturated carbocycles. The van der Waals surface area contributed by atoms with E-state index >= 15 is 0 Å². The van der Waals surface area contributed by atoms with E-state index in [1.54, 1.807) is 25.4 Å². The molecule has 0 radical (unpaired) electrons. The van der Waals surface area contributed by atoms with E-state index in [-0.39, 0.29) is 5.91 Å². The maximum Gasteiger partial charge on any atom is 0.270 e. The smallest absolute Gasteiger partial charge is 0.270 e. The van der Waals surface area contributed by atoms with Gasteiger partial charge in [0.25, 0.3) is 5.91 Å². The second kappa shape index (κ2) is 9.47. The molecule has 0 bridgehead atoms. The molecule has 1 heterocycles. The normalized spacial score (nSPS) is 10.5. The molecule has 2 aromatic rings. The molecule has 0 aliphatic rings. The lowest BCUT2D eigenvalue weighted by atomic mass is 10.1. The van der Waals surface area contributed by atoms with Gasteiger partial charge in [-0.25, -0.2) is 0 Å². The maximum atomic E-state index is 12.0. The zero-order valence-electron chi connectivity index (χ0n) is 13.3. The van der Waals surface area contributed by atoms with Gasteiger partial charge >= 0.3 is 0 Å². The zero-order chi connectivity index (χ0) is 17.4. The van der Waals surface area contributed by atoms with Crippen molar-refractivity contribution in [2.45, 2.75) is 6.42 Å². The van der Waals surface area contributed by atoms with E-state index in [1.807, 2.05) is 18.2 Å². The number of nitrogens with one attached hydrogen (secondary N) is 2.